The van der Waals surface area contributed by atoms with E-state index in [2.05, 4.69) is 4.98 Å². The number of benzene rings is 1. The molecule has 2 rings (SSSR count). The van der Waals surface area contributed by atoms with Gasteiger partial charge in [-0.1, -0.05) is 0 Å². The zero-order valence-electron chi connectivity index (χ0n) is 9.89. The van der Waals surface area contributed by atoms with E-state index in [1.165, 1.54) is 12.1 Å². The van der Waals surface area contributed by atoms with Gasteiger partial charge in [0.1, 0.15) is 11.6 Å². The lowest BCUT2D eigenvalue weighted by Crippen LogP contribution is -2.20. The van der Waals surface area contributed by atoms with Crippen LogP contribution in [0.4, 0.5) is 15.8 Å². The van der Waals surface area contributed by atoms with E-state index >= 15 is 0 Å². The van der Waals surface area contributed by atoms with Crippen molar-refractivity contribution in [3.05, 3.63) is 42.2 Å². The molecule has 0 spiro atoms. The first kappa shape index (κ1) is 11.4. The molecule has 1 heterocycles. The number of imidazole rings is 1. The fourth-order valence-corrected chi connectivity index (χ4v) is 1.69. The summed E-state index contributed by atoms with van der Waals surface area (Å²) in [5.41, 5.74) is 7.05. The van der Waals surface area contributed by atoms with Crippen LogP contribution in [-0.4, -0.2) is 16.6 Å². The molecule has 0 unspecified atom stereocenters. The Labute approximate surface area is 99.5 Å². The van der Waals surface area contributed by atoms with Crippen molar-refractivity contribution in [3.8, 4) is 0 Å². The molecule has 5 heteroatoms. The van der Waals surface area contributed by atoms with Gasteiger partial charge in [0.2, 0.25) is 0 Å². The van der Waals surface area contributed by atoms with Crippen molar-refractivity contribution in [2.75, 3.05) is 17.7 Å². The molecule has 0 aliphatic rings. The summed E-state index contributed by atoms with van der Waals surface area (Å²) in [6, 6.07) is 4.35. The van der Waals surface area contributed by atoms with E-state index < -0.39 is 0 Å². The molecule has 0 aliphatic carbocycles. The van der Waals surface area contributed by atoms with E-state index in [4.69, 9.17) is 5.73 Å². The van der Waals surface area contributed by atoms with Crippen LogP contribution < -0.4 is 10.6 Å². The lowest BCUT2D eigenvalue weighted by Gasteiger charge is -2.20. The minimum atomic E-state index is -0.291. The summed E-state index contributed by atoms with van der Waals surface area (Å²) < 4.78 is 15.1. The van der Waals surface area contributed by atoms with Crippen LogP contribution in [0, 0.1) is 5.82 Å². The predicted octanol–water partition coefficient (Wildman–Crippen LogP) is 1.78. The number of anilines is 2. The molecule has 0 amide bonds. The van der Waals surface area contributed by atoms with Gasteiger partial charge in [0.05, 0.1) is 17.9 Å². The van der Waals surface area contributed by atoms with E-state index in [0.717, 1.165) is 5.82 Å². The summed E-state index contributed by atoms with van der Waals surface area (Å²) >= 11 is 0. The Balaban J connectivity index is 2.23. The second-order valence-electron chi connectivity index (χ2n) is 4.01. The lowest BCUT2D eigenvalue weighted by molar-refractivity contribution is 0.627. The SMILES string of the molecule is CN(Cc1nccn1C)c1cc(F)ccc1N. The van der Waals surface area contributed by atoms with Gasteiger partial charge >= 0.3 is 0 Å². The van der Waals surface area contributed by atoms with Crippen LogP contribution in [0.1, 0.15) is 5.82 Å². The molecule has 4 nitrogen and oxygen atoms in total. The molecule has 0 radical (unpaired) electrons. The molecule has 90 valence electrons. The summed E-state index contributed by atoms with van der Waals surface area (Å²) in [5, 5.41) is 0. The van der Waals surface area contributed by atoms with Gasteiger partial charge in [-0.3, -0.25) is 0 Å². The molecule has 1 aromatic carbocycles. The minimum absolute atomic E-state index is 0.291. The Morgan fingerprint density at radius 1 is 1.47 bits per heavy atom. The zero-order valence-corrected chi connectivity index (χ0v) is 9.89. The summed E-state index contributed by atoms with van der Waals surface area (Å²) in [5.74, 6) is 0.608. The number of hydrogen-bond acceptors (Lipinski definition) is 3. The largest absolute Gasteiger partial charge is 0.397 e. The number of aromatic nitrogens is 2. The Kier molecular flexibility index (Phi) is 2.99. The zero-order chi connectivity index (χ0) is 12.4. The quantitative estimate of drug-likeness (QED) is 0.823. The van der Waals surface area contributed by atoms with Gasteiger partial charge in [-0.25, -0.2) is 9.37 Å². The molecule has 0 bridgehead atoms. The number of nitrogens with zero attached hydrogens (tertiary/aromatic N) is 3. The van der Waals surface area contributed by atoms with Gasteiger partial charge in [-0.05, 0) is 18.2 Å². The number of halogens is 1. The van der Waals surface area contributed by atoms with Crippen LogP contribution in [0.3, 0.4) is 0 Å². The van der Waals surface area contributed by atoms with E-state index in [0.29, 0.717) is 17.9 Å². The maximum Gasteiger partial charge on any atom is 0.127 e. The number of rotatable bonds is 3. The molecular weight excluding hydrogens is 219 g/mol. The summed E-state index contributed by atoms with van der Waals surface area (Å²) in [6.07, 6.45) is 3.61. The Hall–Kier alpha value is -2.04. The average Bonchev–Trinajstić information content (AvgIpc) is 2.68. The highest BCUT2D eigenvalue weighted by molar-refractivity contribution is 5.67. The Morgan fingerprint density at radius 3 is 2.88 bits per heavy atom. The van der Waals surface area contributed by atoms with E-state index in [-0.39, 0.29) is 5.82 Å². The van der Waals surface area contributed by atoms with Gasteiger partial charge in [-0.2, -0.15) is 0 Å². The van der Waals surface area contributed by atoms with Gasteiger partial charge in [0.25, 0.3) is 0 Å². The maximum atomic E-state index is 13.2. The molecule has 1 aromatic heterocycles. The summed E-state index contributed by atoms with van der Waals surface area (Å²) in [4.78, 5) is 6.10. The predicted molar refractivity (Wildman–Crippen MR) is 66.1 cm³/mol. The number of aryl methyl sites for hydroxylation is 1. The van der Waals surface area contributed by atoms with E-state index in [1.54, 1.807) is 12.3 Å². The molecule has 0 saturated carbocycles. The fraction of sp³-hybridized carbons (Fsp3) is 0.250. The highest BCUT2D eigenvalue weighted by Gasteiger charge is 2.09. The highest BCUT2D eigenvalue weighted by atomic mass is 19.1. The van der Waals surface area contributed by atoms with Crippen molar-refractivity contribution in [1.29, 1.82) is 0 Å². The van der Waals surface area contributed by atoms with E-state index in [9.17, 15) is 4.39 Å². The molecule has 17 heavy (non-hydrogen) atoms. The van der Waals surface area contributed by atoms with Crippen LogP contribution >= 0.6 is 0 Å². The van der Waals surface area contributed by atoms with Crippen molar-refractivity contribution in [2.24, 2.45) is 7.05 Å². The third-order valence-electron chi connectivity index (χ3n) is 2.70. The van der Waals surface area contributed by atoms with Crippen molar-refractivity contribution in [3.63, 3.8) is 0 Å². The summed E-state index contributed by atoms with van der Waals surface area (Å²) in [7, 11) is 3.78. The van der Waals surface area contributed by atoms with Crippen molar-refractivity contribution in [1.82, 2.24) is 9.55 Å². The number of nitrogens with two attached hydrogens (primary N) is 1. The first-order valence-corrected chi connectivity index (χ1v) is 5.30. The number of nitrogen functional groups attached to an aromatic ring is 1. The fourth-order valence-electron chi connectivity index (χ4n) is 1.69. The third-order valence-corrected chi connectivity index (χ3v) is 2.70. The maximum absolute atomic E-state index is 13.2. The van der Waals surface area contributed by atoms with Crippen molar-refractivity contribution >= 4 is 11.4 Å². The molecule has 0 aliphatic heterocycles. The lowest BCUT2D eigenvalue weighted by atomic mass is 10.2. The van der Waals surface area contributed by atoms with Gasteiger partial charge in [0.15, 0.2) is 0 Å². The molecule has 2 aromatic rings. The van der Waals surface area contributed by atoms with Crippen molar-refractivity contribution < 1.29 is 4.39 Å². The first-order valence-electron chi connectivity index (χ1n) is 5.30. The molecule has 2 N–H and O–H groups in total. The monoisotopic (exact) mass is 234 g/mol. The Morgan fingerprint density at radius 2 is 2.24 bits per heavy atom. The standard InChI is InChI=1S/C12H15FN4/c1-16-6-5-15-12(16)8-17(2)11-7-9(13)3-4-10(11)14/h3-7H,8,14H2,1-2H3. The Bertz CT molecular complexity index is 521. The highest BCUT2D eigenvalue weighted by Crippen LogP contribution is 2.23. The van der Waals surface area contributed by atoms with Crippen LogP contribution in [0.25, 0.3) is 0 Å². The van der Waals surface area contributed by atoms with Crippen LogP contribution in [0.15, 0.2) is 30.6 Å². The molecule has 0 atom stereocenters. The first-order chi connectivity index (χ1) is 8.08. The van der Waals surface area contributed by atoms with Gasteiger partial charge < -0.3 is 15.2 Å². The average molecular weight is 234 g/mol. The second-order valence-corrected chi connectivity index (χ2v) is 4.01. The van der Waals surface area contributed by atoms with E-state index in [1.807, 2.05) is 29.8 Å². The van der Waals surface area contributed by atoms with Crippen LogP contribution in [-0.2, 0) is 13.6 Å². The third kappa shape index (κ3) is 2.38. The normalized spacial score (nSPS) is 10.5. The van der Waals surface area contributed by atoms with Crippen molar-refractivity contribution in [2.45, 2.75) is 6.54 Å². The molecule has 0 saturated heterocycles. The smallest absolute Gasteiger partial charge is 0.127 e. The minimum Gasteiger partial charge on any atom is -0.397 e. The summed E-state index contributed by atoms with van der Waals surface area (Å²) in [6.45, 7) is 0.581. The molecule has 0 fully saturated rings. The van der Waals surface area contributed by atoms with Gasteiger partial charge in [-0.15, -0.1) is 0 Å². The van der Waals surface area contributed by atoms with Crippen LogP contribution in [0.5, 0.6) is 0 Å². The topological polar surface area (TPSA) is 47.1 Å². The second kappa shape index (κ2) is 4.45. The number of hydrogen-bond donors (Lipinski definition) is 1. The van der Waals surface area contributed by atoms with Gasteiger partial charge in [0, 0.05) is 26.5 Å². The molecular formula is C12H15FN4. The van der Waals surface area contributed by atoms with Crippen LogP contribution in [0.2, 0.25) is 0 Å².